The lowest BCUT2D eigenvalue weighted by Gasteiger charge is -2.20. The number of aromatic nitrogens is 1. The van der Waals surface area contributed by atoms with Gasteiger partial charge >= 0.3 is 0 Å². The van der Waals surface area contributed by atoms with E-state index < -0.39 is 0 Å². The molecule has 0 aliphatic heterocycles. The fourth-order valence-corrected chi connectivity index (χ4v) is 2.58. The minimum Gasteiger partial charge on any atom is -0.392 e. The molecule has 0 aromatic carbocycles. The molecule has 104 valence electrons. The molecule has 1 N–H and O–H groups in total. The average molecular weight is 263 g/mol. The zero-order valence-electron chi connectivity index (χ0n) is 11.2. The number of pyridine rings is 1. The summed E-state index contributed by atoms with van der Waals surface area (Å²) in [6, 6.07) is 3.72. The summed E-state index contributed by atoms with van der Waals surface area (Å²) in [6.45, 7) is 0.0159. The van der Waals surface area contributed by atoms with Crippen LogP contribution in [0.25, 0.3) is 0 Å². The molecule has 0 saturated heterocycles. The number of aliphatic hydroxyl groups is 1. The molecule has 2 saturated carbocycles. The lowest BCUT2D eigenvalue weighted by molar-refractivity contribution is -0.253. The van der Waals surface area contributed by atoms with E-state index in [1.807, 2.05) is 6.07 Å². The Kier molecular flexibility index (Phi) is 3.99. The second kappa shape index (κ2) is 5.88. The third-order valence-corrected chi connectivity index (χ3v) is 3.88. The maximum absolute atomic E-state index is 9.28. The molecule has 4 heteroatoms. The fraction of sp³-hybridized carbons (Fsp3) is 0.667. The second-order valence-electron chi connectivity index (χ2n) is 5.61. The Balaban J connectivity index is 1.63. The summed E-state index contributed by atoms with van der Waals surface area (Å²) in [6.07, 6.45) is 8.42. The first kappa shape index (κ1) is 12.9. The maximum atomic E-state index is 9.28. The Morgan fingerprint density at radius 1 is 1.11 bits per heavy atom. The Hall–Kier alpha value is -1.13. The number of nitrogens with zero attached hydrogens (tertiary/aromatic N) is 1. The van der Waals surface area contributed by atoms with Gasteiger partial charge in [-0.15, -0.1) is 0 Å². The van der Waals surface area contributed by atoms with Crippen molar-refractivity contribution in [3.8, 4) is 5.88 Å². The van der Waals surface area contributed by atoms with Crippen molar-refractivity contribution in [1.29, 1.82) is 0 Å². The zero-order valence-corrected chi connectivity index (χ0v) is 11.2. The highest BCUT2D eigenvalue weighted by molar-refractivity contribution is 5.28. The molecule has 2 aliphatic carbocycles. The molecule has 0 spiro atoms. The van der Waals surface area contributed by atoms with Gasteiger partial charge in [-0.25, -0.2) is 4.98 Å². The summed E-state index contributed by atoms with van der Waals surface area (Å²) in [5.74, 6) is 1.03. The standard InChI is InChI=1S/C15H21NO3/c17-10-11-8-14(12-6-7-12)16-15(9-11)19-18-13-4-2-1-3-5-13/h8-9,12-13,17H,1-7,10H2. The van der Waals surface area contributed by atoms with Crippen molar-refractivity contribution < 1.29 is 14.9 Å². The number of hydrogen-bond acceptors (Lipinski definition) is 4. The molecule has 0 amide bonds. The van der Waals surface area contributed by atoms with Crippen LogP contribution in [0, 0.1) is 0 Å². The van der Waals surface area contributed by atoms with Crippen molar-refractivity contribution in [3.63, 3.8) is 0 Å². The molecule has 0 unspecified atom stereocenters. The highest BCUT2D eigenvalue weighted by Crippen LogP contribution is 2.40. The normalized spacial score (nSPS) is 20.5. The molecule has 19 heavy (non-hydrogen) atoms. The first-order chi connectivity index (χ1) is 9.35. The lowest BCUT2D eigenvalue weighted by atomic mass is 9.98. The molecular weight excluding hydrogens is 242 g/mol. The molecular formula is C15H21NO3. The summed E-state index contributed by atoms with van der Waals surface area (Å²) in [5.41, 5.74) is 1.87. The largest absolute Gasteiger partial charge is 0.392 e. The van der Waals surface area contributed by atoms with E-state index in [1.165, 1.54) is 32.1 Å². The number of hydrogen-bond donors (Lipinski definition) is 1. The molecule has 1 aromatic rings. The highest BCUT2D eigenvalue weighted by atomic mass is 17.2. The van der Waals surface area contributed by atoms with E-state index >= 15 is 0 Å². The van der Waals surface area contributed by atoms with E-state index in [4.69, 9.17) is 9.78 Å². The first-order valence-corrected chi connectivity index (χ1v) is 7.30. The van der Waals surface area contributed by atoms with Gasteiger partial charge in [0.1, 0.15) is 6.10 Å². The Bertz CT molecular complexity index is 425. The van der Waals surface area contributed by atoms with Crippen LogP contribution in [0.15, 0.2) is 12.1 Å². The van der Waals surface area contributed by atoms with Crippen LogP contribution in [-0.4, -0.2) is 16.2 Å². The Morgan fingerprint density at radius 2 is 1.89 bits per heavy atom. The van der Waals surface area contributed by atoms with Crippen LogP contribution in [0.1, 0.15) is 62.1 Å². The van der Waals surface area contributed by atoms with Gasteiger partial charge < -0.3 is 9.99 Å². The van der Waals surface area contributed by atoms with Gasteiger partial charge in [-0.2, -0.15) is 4.89 Å². The predicted molar refractivity (Wildman–Crippen MR) is 70.7 cm³/mol. The SMILES string of the molecule is OCc1cc(OOC2CCCCC2)nc(C2CC2)c1. The van der Waals surface area contributed by atoms with Crippen molar-refractivity contribution in [2.45, 2.75) is 63.6 Å². The fourth-order valence-electron chi connectivity index (χ4n) is 2.58. The lowest BCUT2D eigenvalue weighted by Crippen LogP contribution is -2.19. The van der Waals surface area contributed by atoms with Crippen molar-refractivity contribution in [2.75, 3.05) is 0 Å². The molecule has 4 nitrogen and oxygen atoms in total. The van der Waals surface area contributed by atoms with Crippen molar-refractivity contribution in [1.82, 2.24) is 4.98 Å². The van der Waals surface area contributed by atoms with E-state index in [9.17, 15) is 5.11 Å². The van der Waals surface area contributed by atoms with Crippen LogP contribution < -0.4 is 4.89 Å². The van der Waals surface area contributed by atoms with Gasteiger partial charge in [-0.3, -0.25) is 0 Å². The molecule has 2 aliphatic rings. The molecule has 3 rings (SSSR count). The average Bonchev–Trinajstić information content (AvgIpc) is 3.30. The van der Waals surface area contributed by atoms with Crippen LogP contribution in [0.3, 0.4) is 0 Å². The van der Waals surface area contributed by atoms with E-state index in [-0.39, 0.29) is 12.7 Å². The highest BCUT2D eigenvalue weighted by Gasteiger charge is 2.26. The third kappa shape index (κ3) is 3.45. The van der Waals surface area contributed by atoms with Crippen LogP contribution in [0.5, 0.6) is 5.88 Å². The molecule has 1 aromatic heterocycles. The maximum Gasteiger partial charge on any atom is 0.256 e. The number of rotatable bonds is 5. The van der Waals surface area contributed by atoms with Crippen molar-refractivity contribution in [3.05, 3.63) is 23.4 Å². The summed E-state index contributed by atoms with van der Waals surface area (Å²) < 4.78 is 0. The van der Waals surface area contributed by atoms with E-state index in [1.54, 1.807) is 6.07 Å². The second-order valence-corrected chi connectivity index (χ2v) is 5.61. The predicted octanol–water partition coefficient (Wildman–Crippen LogP) is 3.09. The first-order valence-electron chi connectivity index (χ1n) is 7.30. The van der Waals surface area contributed by atoms with Crippen LogP contribution >= 0.6 is 0 Å². The topological polar surface area (TPSA) is 51.6 Å². The summed E-state index contributed by atoms with van der Waals surface area (Å²) in [4.78, 5) is 15.3. The van der Waals surface area contributed by atoms with Gasteiger partial charge in [0, 0.05) is 17.7 Å². The summed E-state index contributed by atoms with van der Waals surface area (Å²) in [5, 5.41) is 9.28. The molecule has 2 fully saturated rings. The number of aliphatic hydroxyl groups excluding tert-OH is 1. The summed E-state index contributed by atoms with van der Waals surface area (Å²) >= 11 is 0. The quantitative estimate of drug-likeness (QED) is 0.655. The smallest absolute Gasteiger partial charge is 0.256 e. The van der Waals surface area contributed by atoms with Gasteiger partial charge in [-0.05, 0) is 37.3 Å². The van der Waals surface area contributed by atoms with Gasteiger partial charge in [0.05, 0.1) is 6.61 Å². The van der Waals surface area contributed by atoms with E-state index in [0.29, 0.717) is 11.8 Å². The Morgan fingerprint density at radius 3 is 2.58 bits per heavy atom. The third-order valence-electron chi connectivity index (χ3n) is 3.88. The summed E-state index contributed by atoms with van der Waals surface area (Å²) in [7, 11) is 0. The van der Waals surface area contributed by atoms with Crippen LogP contribution in [0.4, 0.5) is 0 Å². The van der Waals surface area contributed by atoms with E-state index in [2.05, 4.69) is 4.98 Å². The van der Waals surface area contributed by atoms with Crippen molar-refractivity contribution in [2.24, 2.45) is 0 Å². The van der Waals surface area contributed by atoms with Crippen LogP contribution in [-0.2, 0) is 11.5 Å². The van der Waals surface area contributed by atoms with E-state index in [0.717, 1.165) is 24.1 Å². The van der Waals surface area contributed by atoms with Crippen molar-refractivity contribution >= 4 is 0 Å². The minimum absolute atomic E-state index is 0.0159. The molecule has 0 radical (unpaired) electrons. The minimum atomic E-state index is 0.0159. The van der Waals surface area contributed by atoms with Gasteiger partial charge in [0.25, 0.3) is 5.88 Å². The zero-order chi connectivity index (χ0) is 13.1. The molecule has 1 heterocycles. The molecule has 0 bridgehead atoms. The molecule has 0 atom stereocenters. The van der Waals surface area contributed by atoms with Gasteiger partial charge in [0.2, 0.25) is 0 Å². The van der Waals surface area contributed by atoms with Gasteiger partial charge in [-0.1, -0.05) is 19.3 Å². The van der Waals surface area contributed by atoms with Gasteiger partial charge in [0.15, 0.2) is 0 Å². The van der Waals surface area contributed by atoms with Crippen LogP contribution in [0.2, 0.25) is 0 Å². The monoisotopic (exact) mass is 263 g/mol. The Labute approximate surface area is 113 Å².